The van der Waals surface area contributed by atoms with E-state index in [0.29, 0.717) is 37.1 Å². The number of nitrogens with zero attached hydrogens (tertiary/aromatic N) is 1. The molecule has 1 aliphatic heterocycles. The van der Waals surface area contributed by atoms with Crippen LogP contribution in [-0.4, -0.2) is 148 Å². The largest absolute Gasteiger partial charge is 0.481 e. The lowest BCUT2D eigenvalue weighted by Crippen LogP contribution is -2.61. The number of rotatable bonds is 29. The Hall–Kier alpha value is -5.32. The molecule has 358 valence electrons. The highest BCUT2D eigenvalue weighted by Crippen LogP contribution is 2.21. The third-order valence-corrected chi connectivity index (χ3v) is 11.1. The van der Waals surface area contributed by atoms with Gasteiger partial charge in [0.1, 0.15) is 42.3 Å². The Balaban J connectivity index is 2.26. The normalized spacial score (nSPS) is 17.0. The summed E-state index contributed by atoms with van der Waals surface area (Å²) < 4.78 is 0. The molecule has 64 heavy (non-hydrogen) atoms. The van der Waals surface area contributed by atoms with Gasteiger partial charge in [0.15, 0.2) is 0 Å². The van der Waals surface area contributed by atoms with E-state index in [2.05, 4.69) is 31.9 Å². The number of hydrogen-bond acceptors (Lipinski definition) is 13. The van der Waals surface area contributed by atoms with E-state index in [0.717, 1.165) is 0 Å². The van der Waals surface area contributed by atoms with Gasteiger partial charge >= 0.3 is 5.97 Å². The number of amides is 8. The van der Waals surface area contributed by atoms with Crippen LogP contribution in [0.1, 0.15) is 78.2 Å². The second kappa shape index (κ2) is 27.8. The van der Waals surface area contributed by atoms with E-state index >= 15 is 0 Å². The summed E-state index contributed by atoms with van der Waals surface area (Å²) >= 11 is 1.48. The monoisotopic (exact) mass is 920 g/mol. The molecule has 2 rings (SSSR count). The standard InChI is InChI=1S/C42H68N10O11S/c1-23(2)19-32(40(61)46-27(35(45)56)15-18-64-5)52-17-14-28(42(52)63)47-41(62)34(24(3)4)51-38(59)29(20-25-11-7-6-8-12-25)49-39(60)31(22-53)50-37(58)30(21-33(54)55)48-36(57)26(44)13-9-10-16-43/h6-8,11-12,23-24,26-32,34,53H,9-10,13-22,43-44H2,1-5H3,(H2,45,56)(H,46,61)(H,47,62)(H,48,57)(H,49,60)(H,50,58)(H,51,59)(H,54,55)/t26-,27-,28?,29-,30-,31-,32-,34-/m0/s1. The summed E-state index contributed by atoms with van der Waals surface area (Å²) in [4.78, 5) is 120. The average Bonchev–Trinajstić information content (AvgIpc) is 3.59. The highest BCUT2D eigenvalue weighted by Gasteiger charge is 2.42. The van der Waals surface area contributed by atoms with Crippen molar-refractivity contribution in [3.05, 3.63) is 35.9 Å². The molecule has 0 bridgehead atoms. The van der Waals surface area contributed by atoms with E-state index in [1.807, 2.05) is 20.1 Å². The quantitative estimate of drug-likeness (QED) is 0.0374. The molecular formula is C42H68N10O11S. The number of primary amides is 1. The first-order valence-corrected chi connectivity index (χ1v) is 22.9. The maximum atomic E-state index is 14.0. The van der Waals surface area contributed by atoms with Crippen LogP contribution in [-0.2, 0) is 49.6 Å². The number of nitrogens with two attached hydrogens (primary N) is 3. The van der Waals surface area contributed by atoms with Crippen molar-refractivity contribution < 1.29 is 53.4 Å². The first-order valence-electron chi connectivity index (χ1n) is 21.5. The number of unbranched alkanes of at least 4 members (excludes halogenated alkanes) is 1. The average molecular weight is 921 g/mol. The van der Waals surface area contributed by atoms with E-state index in [4.69, 9.17) is 17.2 Å². The van der Waals surface area contributed by atoms with E-state index in [1.54, 1.807) is 44.2 Å². The summed E-state index contributed by atoms with van der Waals surface area (Å²) in [6.07, 6.45) is 2.91. The number of nitrogens with one attached hydrogen (secondary N) is 6. The molecule has 1 saturated heterocycles. The SMILES string of the molecule is CSCC[C@H](NC(=O)[C@H](CC(C)C)N1CCC(NC(=O)[C@@H](NC(=O)[C@H](Cc2ccccc2)NC(=O)[C@H](CO)NC(=O)[C@H](CC(=O)O)NC(=O)[C@@H](N)CCCCN)C(C)C)C1=O)C(N)=O. The fourth-order valence-electron chi connectivity index (χ4n) is 6.91. The maximum Gasteiger partial charge on any atom is 0.305 e. The lowest BCUT2D eigenvalue weighted by Gasteiger charge is -2.30. The Labute approximate surface area is 378 Å². The van der Waals surface area contributed by atoms with Crippen molar-refractivity contribution in [2.45, 2.75) is 127 Å². The van der Waals surface area contributed by atoms with Gasteiger partial charge in [0.05, 0.1) is 19.1 Å². The van der Waals surface area contributed by atoms with Gasteiger partial charge in [-0.1, -0.05) is 64.4 Å². The molecule has 0 spiro atoms. The van der Waals surface area contributed by atoms with Crippen molar-refractivity contribution in [1.29, 1.82) is 0 Å². The van der Waals surface area contributed by atoms with Gasteiger partial charge in [0.25, 0.3) is 0 Å². The first-order chi connectivity index (χ1) is 30.2. The number of aliphatic hydroxyl groups excluding tert-OH is 1. The minimum absolute atomic E-state index is 0.0214. The third kappa shape index (κ3) is 18.0. The molecule has 8 atom stereocenters. The van der Waals surface area contributed by atoms with Crippen molar-refractivity contribution >= 4 is 65.0 Å². The molecule has 14 N–H and O–H groups in total. The lowest BCUT2D eigenvalue weighted by atomic mass is 10.00. The smallest absolute Gasteiger partial charge is 0.305 e. The Morgan fingerprint density at radius 1 is 0.797 bits per heavy atom. The number of carboxylic acid groups (broad SMARTS) is 1. The minimum Gasteiger partial charge on any atom is -0.481 e. The van der Waals surface area contributed by atoms with Crippen LogP contribution < -0.4 is 49.1 Å². The van der Waals surface area contributed by atoms with Crippen molar-refractivity contribution in [2.24, 2.45) is 29.0 Å². The van der Waals surface area contributed by atoms with E-state index in [1.165, 1.54) is 16.7 Å². The van der Waals surface area contributed by atoms with Gasteiger partial charge in [-0.2, -0.15) is 11.8 Å². The molecule has 21 nitrogen and oxygen atoms in total. The molecule has 0 aliphatic carbocycles. The van der Waals surface area contributed by atoms with Crippen molar-refractivity contribution in [3.8, 4) is 0 Å². The number of aliphatic carboxylic acids is 1. The van der Waals surface area contributed by atoms with Crippen molar-refractivity contribution in [3.63, 3.8) is 0 Å². The predicted molar refractivity (Wildman–Crippen MR) is 239 cm³/mol. The van der Waals surface area contributed by atoms with Gasteiger partial charge < -0.3 is 64.2 Å². The number of benzene rings is 1. The molecule has 1 unspecified atom stereocenters. The Kier molecular flexibility index (Phi) is 23.8. The number of carbonyl (C=O) groups is 9. The molecule has 1 heterocycles. The zero-order valence-electron chi connectivity index (χ0n) is 37.3. The van der Waals surface area contributed by atoms with Gasteiger partial charge in [-0.3, -0.25) is 43.2 Å². The first kappa shape index (κ1) is 54.8. The summed E-state index contributed by atoms with van der Waals surface area (Å²) in [5, 5.41) is 34.7. The summed E-state index contributed by atoms with van der Waals surface area (Å²) in [6.45, 7) is 6.58. The Morgan fingerprint density at radius 3 is 1.95 bits per heavy atom. The molecular weight excluding hydrogens is 853 g/mol. The zero-order valence-corrected chi connectivity index (χ0v) is 38.1. The molecule has 8 amide bonds. The van der Waals surface area contributed by atoms with Gasteiger partial charge in [-0.05, 0) is 68.1 Å². The van der Waals surface area contributed by atoms with Crippen LogP contribution in [0.25, 0.3) is 0 Å². The second-order valence-electron chi connectivity index (χ2n) is 16.5. The molecule has 1 fully saturated rings. The highest BCUT2D eigenvalue weighted by atomic mass is 32.2. The fraction of sp³-hybridized carbons (Fsp3) is 0.643. The van der Waals surface area contributed by atoms with Crippen LogP contribution >= 0.6 is 11.8 Å². The molecule has 1 aromatic rings. The number of carboxylic acids is 1. The topological polar surface area (TPSA) is 348 Å². The third-order valence-electron chi connectivity index (χ3n) is 10.5. The molecule has 0 saturated carbocycles. The Morgan fingerprint density at radius 2 is 1.39 bits per heavy atom. The maximum absolute atomic E-state index is 14.0. The summed E-state index contributed by atoms with van der Waals surface area (Å²) in [6, 6.07) is -1.51. The molecule has 0 radical (unpaired) electrons. The number of thioether (sulfide) groups is 1. The van der Waals surface area contributed by atoms with E-state index in [9.17, 15) is 53.4 Å². The van der Waals surface area contributed by atoms with Crippen LogP contribution in [0.5, 0.6) is 0 Å². The number of carbonyl (C=O) groups excluding carboxylic acids is 8. The second-order valence-corrected chi connectivity index (χ2v) is 17.5. The van der Waals surface area contributed by atoms with Crippen LogP contribution in [0.15, 0.2) is 30.3 Å². The van der Waals surface area contributed by atoms with Gasteiger partial charge in [-0.25, -0.2) is 0 Å². The summed E-state index contributed by atoms with van der Waals surface area (Å²) in [5.41, 5.74) is 17.5. The Bertz CT molecular complexity index is 1750. The van der Waals surface area contributed by atoms with Crippen LogP contribution in [0, 0.1) is 11.8 Å². The molecule has 0 aromatic heterocycles. The number of aliphatic hydroxyl groups is 1. The van der Waals surface area contributed by atoms with E-state index < -0.39 is 121 Å². The number of likely N-dealkylation sites (tertiary alicyclic amines) is 1. The van der Waals surface area contributed by atoms with Crippen molar-refractivity contribution in [2.75, 3.05) is 31.7 Å². The number of hydrogen-bond donors (Lipinski definition) is 11. The fourth-order valence-corrected chi connectivity index (χ4v) is 7.38. The van der Waals surface area contributed by atoms with Gasteiger partial charge in [0, 0.05) is 13.0 Å². The predicted octanol–water partition coefficient (Wildman–Crippen LogP) is -2.40. The van der Waals surface area contributed by atoms with Crippen LogP contribution in [0.3, 0.4) is 0 Å². The van der Waals surface area contributed by atoms with Crippen LogP contribution in [0.2, 0.25) is 0 Å². The molecule has 1 aliphatic rings. The highest BCUT2D eigenvalue weighted by molar-refractivity contribution is 7.98. The lowest BCUT2D eigenvalue weighted by molar-refractivity contribution is -0.141. The van der Waals surface area contributed by atoms with Gasteiger partial charge in [0.2, 0.25) is 47.3 Å². The molecule has 22 heteroatoms. The summed E-state index contributed by atoms with van der Waals surface area (Å²) in [7, 11) is 0. The zero-order chi connectivity index (χ0) is 48.1. The van der Waals surface area contributed by atoms with Gasteiger partial charge in [-0.15, -0.1) is 0 Å². The summed E-state index contributed by atoms with van der Waals surface area (Å²) in [5.74, 6) is -7.71. The van der Waals surface area contributed by atoms with Crippen LogP contribution in [0.4, 0.5) is 0 Å². The minimum atomic E-state index is -1.72. The molecule has 1 aromatic carbocycles. The van der Waals surface area contributed by atoms with E-state index in [-0.39, 0.29) is 38.1 Å². The van der Waals surface area contributed by atoms with Crippen molar-refractivity contribution in [1.82, 2.24) is 36.8 Å².